The third kappa shape index (κ3) is 13.1. The summed E-state index contributed by atoms with van der Waals surface area (Å²) in [6.07, 6.45) is 7.41. The van der Waals surface area contributed by atoms with E-state index in [0.717, 1.165) is 17.2 Å². The van der Waals surface area contributed by atoms with Crippen LogP contribution in [0.3, 0.4) is 0 Å². The molecule has 51 heavy (non-hydrogen) atoms. The molecular weight excluding hydrogens is 695 g/mol. The van der Waals surface area contributed by atoms with E-state index in [1.54, 1.807) is 42.5 Å². The Labute approximate surface area is 309 Å². The summed E-state index contributed by atoms with van der Waals surface area (Å²) in [6, 6.07) is 26.7. The number of carbonyl (C=O) groups excluding carboxylic acids is 3. The first-order valence-electron chi connectivity index (χ1n) is 15.3. The van der Waals surface area contributed by atoms with E-state index in [1.807, 2.05) is 60.7 Å². The number of nitrogens with two attached hydrogens (primary N) is 2. The largest absolute Gasteiger partial charge is 0.508 e. The molecule has 0 bridgehead atoms. The zero-order valence-corrected chi connectivity index (χ0v) is 29.6. The number of esters is 2. The van der Waals surface area contributed by atoms with Crippen molar-refractivity contribution in [3.63, 3.8) is 0 Å². The number of rotatable bonds is 15. The highest BCUT2D eigenvalue weighted by Crippen LogP contribution is 2.30. The van der Waals surface area contributed by atoms with E-state index in [1.165, 1.54) is 32.4 Å². The van der Waals surface area contributed by atoms with Crippen molar-refractivity contribution in [1.29, 1.82) is 0 Å². The van der Waals surface area contributed by atoms with E-state index in [0.29, 0.717) is 24.0 Å². The van der Waals surface area contributed by atoms with Gasteiger partial charge in [0, 0.05) is 6.08 Å². The van der Waals surface area contributed by atoms with Crippen LogP contribution in [0.2, 0.25) is 0 Å². The highest BCUT2D eigenvalue weighted by atomic mass is 35.5. The first-order chi connectivity index (χ1) is 23.6. The molecule has 0 saturated heterocycles. The molecular formula is C39H40Cl2N2O8. The molecule has 4 aromatic carbocycles. The molecule has 0 aromatic heterocycles. The quantitative estimate of drug-likeness (QED) is 0.0420. The van der Waals surface area contributed by atoms with Crippen LogP contribution in [0.25, 0.3) is 12.2 Å². The molecule has 5 N–H and O–H groups in total. The van der Waals surface area contributed by atoms with E-state index < -0.39 is 29.8 Å². The monoisotopic (exact) mass is 734 g/mol. The molecule has 0 aliphatic carbocycles. The van der Waals surface area contributed by atoms with Crippen molar-refractivity contribution in [3.05, 3.63) is 143 Å². The summed E-state index contributed by atoms with van der Waals surface area (Å²) in [7, 11) is 2.87. The van der Waals surface area contributed by atoms with Crippen molar-refractivity contribution in [2.75, 3.05) is 14.2 Å². The second-order valence-electron chi connectivity index (χ2n) is 10.9. The number of aliphatic hydroxyl groups is 1. The van der Waals surface area contributed by atoms with Crippen LogP contribution in [0, 0.1) is 0 Å². The zero-order valence-electron chi connectivity index (χ0n) is 28.0. The fourth-order valence-electron chi connectivity index (χ4n) is 4.62. The van der Waals surface area contributed by atoms with E-state index in [2.05, 4.69) is 0 Å². The van der Waals surface area contributed by atoms with Crippen molar-refractivity contribution in [3.8, 4) is 23.0 Å². The molecule has 268 valence electrons. The summed E-state index contributed by atoms with van der Waals surface area (Å²) in [5, 5.41) is 10.3. The van der Waals surface area contributed by atoms with Crippen molar-refractivity contribution < 1.29 is 38.4 Å². The fraction of sp³-hybridized carbons (Fsp3) is 0.154. The highest BCUT2D eigenvalue weighted by Gasteiger charge is 2.20. The number of carbonyl (C=O) groups is 3. The lowest BCUT2D eigenvalue weighted by atomic mass is 10.1. The van der Waals surface area contributed by atoms with E-state index in [-0.39, 0.29) is 53.6 Å². The van der Waals surface area contributed by atoms with Crippen LogP contribution in [0.4, 0.5) is 0 Å². The Hall–Kier alpha value is -5.39. The van der Waals surface area contributed by atoms with Gasteiger partial charge in [-0.2, -0.15) is 0 Å². The number of hydrogen-bond donors (Lipinski definition) is 3. The highest BCUT2D eigenvalue weighted by molar-refractivity contribution is 6.02. The second kappa shape index (κ2) is 21.0. The number of ether oxygens (including phenoxy) is 4. The summed E-state index contributed by atoms with van der Waals surface area (Å²) in [6.45, 7) is 0. The van der Waals surface area contributed by atoms with Crippen molar-refractivity contribution in [2.24, 2.45) is 11.5 Å². The molecule has 4 rings (SSSR count). The summed E-state index contributed by atoms with van der Waals surface area (Å²) in [5.74, 6) is -1.02. The van der Waals surface area contributed by atoms with E-state index >= 15 is 0 Å². The second-order valence-corrected chi connectivity index (χ2v) is 10.9. The number of hydrogen-bond acceptors (Lipinski definition) is 10. The minimum Gasteiger partial charge on any atom is -0.508 e. The van der Waals surface area contributed by atoms with Gasteiger partial charge in [-0.25, -0.2) is 9.59 Å². The maximum Gasteiger partial charge on any atom is 0.328 e. The van der Waals surface area contributed by atoms with Gasteiger partial charge >= 0.3 is 11.9 Å². The van der Waals surface area contributed by atoms with Crippen LogP contribution in [-0.4, -0.2) is 49.1 Å². The van der Waals surface area contributed by atoms with Crippen LogP contribution < -0.4 is 30.4 Å². The summed E-state index contributed by atoms with van der Waals surface area (Å²) < 4.78 is 21.7. The first-order valence-corrected chi connectivity index (χ1v) is 15.3. The molecule has 0 saturated carbocycles. The third-order valence-electron chi connectivity index (χ3n) is 7.18. The van der Waals surface area contributed by atoms with Gasteiger partial charge in [0.05, 0.1) is 14.2 Å². The van der Waals surface area contributed by atoms with Gasteiger partial charge in [0.1, 0.15) is 17.8 Å². The van der Waals surface area contributed by atoms with Crippen LogP contribution >= 0.6 is 24.8 Å². The van der Waals surface area contributed by atoms with Gasteiger partial charge in [-0.05, 0) is 71.5 Å². The molecule has 0 aliphatic heterocycles. The van der Waals surface area contributed by atoms with Crippen molar-refractivity contribution >= 4 is 54.7 Å². The van der Waals surface area contributed by atoms with Crippen LogP contribution in [0.5, 0.6) is 23.0 Å². The molecule has 0 amide bonds. The molecule has 0 heterocycles. The number of benzene rings is 4. The Morgan fingerprint density at radius 1 is 0.627 bits per heavy atom. The lowest BCUT2D eigenvalue weighted by Gasteiger charge is -2.14. The van der Waals surface area contributed by atoms with E-state index in [9.17, 15) is 19.5 Å². The number of methoxy groups -OCH3 is 2. The molecule has 0 aliphatic rings. The minimum atomic E-state index is -0.862. The maximum absolute atomic E-state index is 12.6. The average molecular weight is 736 g/mol. The Morgan fingerprint density at radius 3 is 1.45 bits per heavy atom. The van der Waals surface area contributed by atoms with Crippen LogP contribution in [-0.2, 0) is 27.2 Å². The Balaban J connectivity index is 0.00000451. The van der Waals surface area contributed by atoms with Crippen LogP contribution in [0.1, 0.15) is 22.3 Å². The lowest BCUT2D eigenvalue weighted by molar-refractivity contribution is -0.136. The number of allylic oxidation sites excluding steroid dienone is 3. The van der Waals surface area contributed by atoms with Crippen molar-refractivity contribution in [2.45, 2.75) is 24.9 Å². The topological polar surface area (TPSA) is 160 Å². The maximum atomic E-state index is 12.6. The van der Waals surface area contributed by atoms with Gasteiger partial charge < -0.3 is 35.5 Å². The Bertz CT molecular complexity index is 1850. The van der Waals surface area contributed by atoms with Crippen molar-refractivity contribution in [1.82, 2.24) is 0 Å². The molecule has 12 heteroatoms. The van der Waals surface area contributed by atoms with Gasteiger partial charge in [-0.3, -0.25) is 4.79 Å². The molecule has 0 unspecified atom stereocenters. The summed E-state index contributed by atoms with van der Waals surface area (Å²) in [4.78, 5) is 37.6. The van der Waals surface area contributed by atoms with Gasteiger partial charge in [0.25, 0.3) is 0 Å². The normalized spacial score (nSPS) is 12.3. The van der Waals surface area contributed by atoms with Gasteiger partial charge in [0.15, 0.2) is 28.8 Å². The molecule has 2 atom stereocenters. The smallest absolute Gasteiger partial charge is 0.328 e. The predicted molar refractivity (Wildman–Crippen MR) is 202 cm³/mol. The number of ketones is 1. The van der Waals surface area contributed by atoms with Gasteiger partial charge in [0.2, 0.25) is 0 Å². The van der Waals surface area contributed by atoms with Gasteiger partial charge in [-0.1, -0.05) is 84.9 Å². The van der Waals surface area contributed by atoms with E-state index in [4.69, 9.17) is 30.4 Å². The summed E-state index contributed by atoms with van der Waals surface area (Å²) >= 11 is 0. The SMILES string of the molecule is COc1cc(/C=C/C(=O)/C=C(O)/C=C/c2ccc(OC(=O)[C@@H](N)Cc3ccccc3)c(OC)c2)ccc1OC(=O)[C@@H](N)Cc1ccccc1.Cl.Cl. The molecule has 0 fully saturated rings. The predicted octanol–water partition coefficient (Wildman–Crippen LogP) is 6.24. The van der Waals surface area contributed by atoms with Gasteiger partial charge in [-0.15, -0.1) is 24.8 Å². The summed E-state index contributed by atoms with van der Waals surface area (Å²) in [5.41, 5.74) is 15.1. The Kier molecular flexibility index (Phi) is 17.2. The van der Waals surface area contributed by atoms with Crippen LogP contribution in [0.15, 0.2) is 121 Å². The molecule has 4 aromatic rings. The molecule has 10 nitrogen and oxygen atoms in total. The number of halogens is 2. The molecule has 0 spiro atoms. The first kappa shape index (κ1) is 41.8. The standard InChI is InChI=1S/C39H38N2O8.2ClH/c1-46-36-23-28(15-19-34(36)48-38(44)32(40)21-26-9-5-3-6-10-26)13-17-30(42)25-31(43)18-14-29-16-20-35(37(24-29)47-2)49-39(45)33(41)22-27-11-7-4-8-12-27;;/h3-20,23-25,32-33,42H,21-22,40-41H2,1-2H3;2*1H/b17-13+,18-14+,30-25-;;/t32-,33-;;/m0../s1. The average Bonchev–Trinajstić information content (AvgIpc) is 3.11. The fourth-order valence-corrected chi connectivity index (χ4v) is 4.62. The number of aliphatic hydroxyl groups excluding tert-OH is 1. The third-order valence-corrected chi connectivity index (χ3v) is 7.18. The zero-order chi connectivity index (χ0) is 35.2. The Morgan fingerprint density at radius 2 is 1.04 bits per heavy atom. The minimum absolute atomic E-state index is 0. The lowest BCUT2D eigenvalue weighted by Crippen LogP contribution is -2.36. The molecule has 0 radical (unpaired) electrons.